The summed E-state index contributed by atoms with van der Waals surface area (Å²) in [5.41, 5.74) is 0.915. The zero-order valence-electron chi connectivity index (χ0n) is 8.78. The van der Waals surface area contributed by atoms with Crippen LogP contribution in [0.3, 0.4) is 0 Å². The topological polar surface area (TPSA) is 24.4 Å². The highest BCUT2D eigenvalue weighted by Gasteiger charge is 2.25. The molecule has 0 bridgehead atoms. The van der Waals surface area contributed by atoms with Crippen LogP contribution in [0.1, 0.15) is 6.92 Å². The maximum atomic E-state index is 6.07. The monoisotopic (exact) mass is 318 g/mol. The van der Waals surface area contributed by atoms with Crippen molar-refractivity contribution in [3.8, 4) is 0 Å². The van der Waals surface area contributed by atoms with Gasteiger partial charge in [-0.1, -0.05) is 51.4 Å². The van der Waals surface area contributed by atoms with Gasteiger partial charge >= 0.3 is 0 Å². The average Bonchev–Trinajstić information content (AvgIpc) is 2.62. The standard InChI is InChI=1S/C11H12BrClN2S/c1-7-10(6-12)16-11(14-7)15-9-5-3-2-4-8(9)13/h2-5,7,10H,6H2,1H3,(H,14,15). The fraction of sp³-hybridized carbons (Fsp3) is 0.364. The molecule has 0 radical (unpaired) electrons. The number of nitrogens with one attached hydrogen (secondary N) is 1. The first kappa shape index (κ1) is 12.3. The largest absolute Gasteiger partial charge is 0.334 e. The second kappa shape index (κ2) is 5.43. The lowest BCUT2D eigenvalue weighted by molar-refractivity contribution is 0.758. The summed E-state index contributed by atoms with van der Waals surface area (Å²) < 4.78 is 0. The van der Waals surface area contributed by atoms with Crippen LogP contribution < -0.4 is 5.32 Å². The van der Waals surface area contributed by atoms with Crippen LogP contribution in [0, 0.1) is 0 Å². The number of hydrogen-bond acceptors (Lipinski definition) is 3. The molecule has 1 aromatic carbocycles. The van der Waals surface area contributed by atoms with Crippen LogP contribution in [-0.2, 0) is 0 Å². The van der Waals surface area contributed by atoms with Gasteiger partial charge in [0.25, 0.3) is 0 Å². The fourth-order valence-corrected chi connectivity index (χ4v) is 3.56. The van der Waals surface area contributed by atoms with Gasteiger partial charge in [-0.2, -0.15) is 0 Å². The molecule has 1 aliphatic rings. The number of halogens is 2. The molecule has 86 valence electrons. The quantitative estimate of drug-likeness (QED) is 0.833. The molecule has 1 N–H and O–H groups in total. The first-order valence-corrected chi connectivity index (χ1v) is 7.40. The summed E-state index contributed by atoms with van der Waals surface area (Å²) >= 11 is 11.3. The third kappa shape index (κ3) is 2.73. The number of rotatable bonds is 2. The summed E-state index contributed by atoms with van der Waals surface area (Å²) in [6, 6.07) is 8.04. The minimum Gasteiger partial charge on any atom is -0.334 e. The molecule has 1 aliphatic heterocycles. The Labute approximate surface area is 113 Å². The van der Waals surface area contributed by atoms with Crippen molar-refractivity contribution in [2.24, 2.45) is 4.99 Å². The SMILES string of the molecule is CC1N=C(Nc2ccccc2Cl)SC1CBr. The van der Waals surface area contributed by atoms with Crippen LogP contribution in [-0.4, -0.2) is 21.8 Å². The molecule has 2 nitrogen and oxygen atoms in total. The van der Waals surface area contributed by atoms with Gasteiger partial charge in [-0.05, 0) is 19.1 Å². The maximum absolute atomic E-state index is 6.07. The molecule has 5 heteroatoms. The van der Waals surface area contributed by atoms with E-state index in [0.29, 0.717) is 11.3 Å². The lowest BCUT2D eigenvalue weighted by atomic mass is 10.3. The number of amidine groups is 1. The molecule has 0 aliphatic carbocycles. The van der Waals surface area contributed by atoms with Crippen molar-refractivity contribution in [1.82, 2.24) is 0 Å². The molecular weight excluding hydrogens is 308 g/mol. The van der Waals surface area contributed by atoms with Crippen LogP contribution in [0.4, 0.5) is 5.69 Å². The van der Waals surface area contributed by atoms with Gasteiger partial charge in [0.2, 0.25) is 0 Å². The molecule has 0 saturated carbocycles. The molecular formula is C11H12BrClN2S. The number of para-hydroxylation sites is 1. The molecule has 1 aromatic rings. The van der Waals surface area contributed by atoms with Crippen molar-refractivity contribution in [3.63, 3.8) is 0 Å². The maximum Gasteiger partial charge on any atom is 0.161 e. The number of nitrogens with zero attached hydrogens (tertiary/aromatic N) is 1. The molecule has 0 amide bonds. The van der Waals surface area contributed by atoms with E-state index in [-0.39, 0.29) is 0 Å². The highest BCUT2D eigenvalue weighted by Crippen LogP contribution is 2.30. The summed E-state index contributed by atoms with van der Waals surface area (Å²) in [5.74, 6) is 0. The Kier molecular flexibility index (Phi) is 4.16. The molecule has 0 spiro atoms. The molecule has 0 saturated heterocycles. The zero-order valence-corrected chi connectivity index (χ0v) is 11.9. The minimum absolute atomic E-state index is 0.342. The molecule has 2 atom stereocenters. The summed E-state index contributed by atoms with van der Waals surface area (Å²) in [6.07, 6.45) is 0. The highest BCUT2D eigenvalue weighted by molar-refractivity contribution is 9.09. The number of thioether (sulfide) groups is 1. The molecule has 0 fully saturated rings. The van der Waals surface area contributed by atoms with Crippen LogP contribution in [0.5, 0.6) is 0 Å². The van der Waals surface area contributed by atoms with Crippen molar-refractivity contribution in [1.29, 1.82) is 0 Å². The first-order valence-electron chi connectivity index (χ1n) is 5.02. The Morgan fingerprint density at radius 1 is 1.50 bits per heavy atom. The van der Waals surface area contributed by atoms with Gasteiger partial charge in [0, 0.05) is 10.6 Å². The van der Waals surface area contributed by atoms with Crippen molar-refractivity contribution in [2.75, 3.05) is 10.6 Å². The second-order valence-electron chi connectivity index (χ2n) is 3.59. The lowest BCUT2D eigenvalue weighted by Gasteiger charge is -2.09. The molecule has 2 unspecified atom stereocenters. The van der Waals surface area contributed by atoms with Gasteiger partial charge in [0.15, 0.2) is 5.17 Å². The van der Waals surface area contributed by atoms with E-state index < -0.39 is 0 Å². The minimum atomic E-state index is 0.342. The zero-order chi connectivity index (χ0) is 11.5. The Bertz CT molecular complexity index is 411. The smallest absolute Gasteiger partial charge is 0.161 e. The second-order valence-corrected chi connectivity index (χ2v) is 5.87. The van der Waals surface area contributed by atoms with E-state index in [1.165, 1.54) is 0 Å². The molecule has 16 heavy (non-hydrogen) atoms. The van der Waals surface area contributed by atoms with E-state index in [9.17, 15) is 0 Å². The van der Waals surface area contributed by atoms with Crippen molar-refractivity contribution >= 4 is 50.1 Å². The normalized spacial score (nSPS) is 24.3. The van der Waals surface area contributed by atoms with Crippen LogP contribution in [0.15, 0.2) is 29.3 Å². The van der Waals surface area contributed by atoms with Gasteiger partial charge in [0.05, 0.1) is 16.8 Å². The highest BCUT2D eigenvalue weighted by atomic mass is 79.9. The van der Waals surface area contributed by atoms with Crippen molar-refractivity contribution in [3.05, 3.63) is 29.3 Å². The number of alkyl halides is 1. The predicted molar refractivity (Wildman–Crippen MR) is 77.1 cm³/mol. The Hall–Kier alpha value is -0.190. The van der Waals surface area contributed by atoms with Gasteiger partial charge < -0.3 is 5.32 Å². The van der Waals surface area contributed by atoms with Gasteiger partial charge in [0.1, 0.15) is 0 Å². The Morgan fingerprint density at radius 3 is 2.88 bits per heavy atom. The first-order chi connectivity index (χ1) is 7.70. The fourth-order valence-electron chi connectivity index (χ4n) is 1.44. The third-order valence-electron chi connectivity index (χ3n) is 2.39. The van der Waals surface area contributed by atoms with Gasteiger partial charge in [-0.25, -0.2) is 0 Å². The molecule has 1 heterocycles. The average molecular weight is 320 g/mol. The third-order valence-corrected chi connectivity index (χ3v) is 5.14. The van der Waals surface area contributed by atoms with E-state index in [0.717, 1.165) is 21.2 Å². The number of aliphatic imine (C=N–C) groups is 1. The summed E-state index contributed by atoms with van der Waals surface area (Å²) in [5, 5.41) is 6.40. The molecule has 2 rings (SSSR count). The van der Waals surface area contributed by atoms with Crippen LogP contribution >= 0.6 is 39.3 Å². The Morgan fingerprint density at radius 2 is 2.25 bits per heavy atom. The summed E-state index contributed by atoms with van der Waals surface area (Å²) in [7, 11) is 0. The van der Waals surface area contributed by atoms with Crippen LogP contribution in [0.25, 0.3) is 0 Å². The van der Waals surface area contributed by atoms with Crippen molar-refractivity contribution in [2.45, 2.75) is 18.2 Å². The number of anilines is 1. The summed E-state index contributed by atoms with van der Waals surface area (Å²) in [6.45, 7) is 2.13. The van der Waals surface area contributed by atoms with E-state index in [4.69, 9.17) is 11.6 Å². The van der Waals surface area contributed by atoms with Crippen molar-refractivity contribution < 1.29 is 0 Å². The number of benzene rings is 1. The number of hydrogen-bond donors (Lipinski definition) is 1. The van der Waals surface area contributed by atoms with E-state index in [1.54, 1.807) is 11.8 Å². The van der Waals surface area contributed by atoms with Crippen LogP contribution in [0.2, 0.25) is 5.02 Å². The molecule has 0 aromatic heterocycles. The lowest BCUT2D eigenvalue weighted by Crippen LogP contribution is -2.14. The van der Waals surface area contributed by atoms with Gasteiger partial charge in [-0.15, -0.1) is 0 Å². The van der Waals surface area contributed by atoms with E-state index >= 15 is 0 Å². The summed E-state index contributed by atoms with van der Waals surface area (Å²) in [4.78, 5) is 4.56. The Balaban J connectivity index is 2.07. The van der Waals surface area contributed by atoms with E-state index in [2.05, 4.69) is 33.2 Å². The predicted octanol–water partition coefficient (Wildman–Crippen LogP) is 4.01. The van der Waals surface area contributed by atoms with E-state index in [1.807, 2.05) is 24.3 Å². The van der Waals surface area contributed by atoms with Gasteiger partial charge in [-0.3, -0.25) is 4.99 Å².